The van der Waals surface area contributed by atoms with Crippen LogP contribution in [0.5, 0.6) is 0 Å². The molecule has 6 heteroatoms. The van der Waals surface area contributed by atoms with Gasteiger partial charge in [-0.05, 0) is 43.2 Å². The molecule has 0 radical (unpaired) electrons. The van der Waals surface area contributed by atoms with Crippen molar-refractivity contribution in [1.82, 2.24) is 15.3 Å². The number of thiazole rings is 1. The predicted octanol–water partition coefficient (Wildman–Crippen LogP) is 5.16. The lowest BCUT2D eigenvalue weighted by Gasteiger charge is -2.17. The van der Waals surface area contributed by atoms with Crippen molar-refractivity contribution in [2.75, 3.05) is 0 Å². The number of nitrogens with one attached hydrogen (secondary N) is 1. The zero-order valence-corrected chi connectivity index (χ0v) is 16.4. The van der Waals surface area contributed by atoms with E-state index in [0.717, 1.165) is 32.9 Å². The average molecular weight is 416 g/mol. The predicted molar refractivity (Wildman–Crippen MR) is 105 cm³/mol. The van der Waals surface area contributed by atoms with Gasteiger partial charge in [-0.25, -0.2) is 4.98 Å². The molecule has 0 unspecified atom stereocenters. The summed E-state index contributed by atoms with van der Waals surface area (Å²) in [4.78, 5) is 22.2. The number of aromatic nitrogens is 2. The highest BCUT2D eigenvalue weighted by atomic mass is 79.9. The summed E-state index contributed by atoms with van der Waals surface area (Å²) in [5, 5.41) is 3.88. The minimum Gasteiger partial charge on any atom is -0.344 e. The number of benzene rings is 1. The van der Waals surface area contributed by atoms with E-state index in [1.807, 2.05) is 49.4 Å². The average Bonchev–Trinajstić information content (AvgIpc) is 3.03. The maximum atomic E-state index is 12.7. The van der Waals surface area contributed by atoms with Gasteiger partial charge in [0.2, 0.25) is 0 Å². The Morgan fingerprint density at radius 1 is 1.24 bits per heavy atom. The third kappa shape index (κ3) is 4.14. The van der Waals surface area contributed by atoms with Crippen LogP contribution in [-0.2, 0) is 0 Å². The van der Waals surface area contributed by atoms with Gasteiger partial charge in [0.05, 0.1) is 17.4 Å². The van der Waals surface area contributed by atoms with Gasteiger partial charge in [-0.1, -0.05) is 41.1 Å². The highest BCUT2D eigenvalue weighted by Gasteiger charge is 2.20. The monoisotopic (exact) mass is 415 g/mol. The topological polar surface area (TPSA) is 54.9 Å². The molecule has 1 atom stereocenters. The summed E-state index contributed by atoms with van der Waals surface area (Å²) in [5.74, 6) is -0.0908. The second-order valence-electron chi connectivity index (χ2n) is 5.63. The Morgan fingerprint density at radius 2 is 2.00 bits per heavy atom. The summed E-state index contributed by atoms with van der Waals surface area (Å²) < 4.78 is 1.02. The number of carbonyl (C=O) groups is 1. The molecule has 3 rings (SSSR count). The van der Waals surface area contributed by atoms with Crippen molar-refractivity contribution < 1.29 is 4.79 Å². The highest BCUT2D eigenvalue weighted by Crippen LogP contribution is 2.27. The fourth-order valence-electron chi connectivity index (χ4n) is 2.55. The standard InChI is InChI=1S/C19H18BrN3OS/c1-3-15(13-7-9-14(20)10-8-13)23-18(24)17-12(2)22-19(25-17)16-6-4-5-11-21-16/h4-11,15H,3H2,1-2H3,(H,23,24)/t15-/m0/s1. The number of pyridine rings is 1. The van der Waals surface area contributed by atoms with E-state index in [0.29, 0.717) is 4.88 Å². The molecule has 2 heterocycles. The second kappa shape index (κ2) is 7.89. The molecule has 1 amide bonds. The smallest absolute Gasteiger partial charge is 0.263 e. The summed E-state index contributed by atoms with van der Waals surface area (Å²) in [6.45, 7) is 3.92. The number of aryl methyl sites for hydroxylation is 1. The van der Waals surface area contributed by atoms with Crippen LogP contribution in [0.15, 0.2) is 53.1 Å². The molecule has 128 valence electrons. The van der Waals surface area contributed by atoms with Crippen molar-refractivity contribution in [3.8, 4) is 10.7 Å². The molecule has 25 heavy (non-hydrogen) atoms. The number of carbonyl (C=O) groups excluding carboxylic acids is 1. The number of hydrogen-bond donors (Lipinski definition) is 1. The van der Waals surface area contributed by atoms with Gasteiger partial charge in [0.1, 0.15) is 9.88 Å². The zero-order valence-electron chi connectivity index (χ0n) is 14.0. The van der Waals surface area contributed by atoms with Crippen molar-refractivity contribution in [3.63, 3.8) is 0 Å². The van der Waals surface area contributed by atoms with Gasteiger partial charge in [0.15, 0.2) is 0 Å². The Morgan fingerprint density at radius 3 is 2.64 bits per heavy atom. The summed E-state index contributed by atoms with van der Waals surface area (Å²) in [6.07, 6.45) is 2.55. The minimum absolute atomic E-state index is 0.0274. The van der Waals surface area contributed by atoms with Gasteiger partial charge in [-0.3, -0.25) is 9.78 Å². The number of halogens is 1. The van der Waals surface area contributed by atoms with Crippen LogP contribution in [0.1, 0.15) is 40.3 Å². The number of amides is 1. The first-order chi connectivity index (χ1) is 12.1. The Labute approximate surface area is 159 Å². The third-order valence-electron chi connectivity index (χ3n) is 3.87. The van der Waals surface area contributed by atoms with Crippen molar-refractivity contribution >= 4 is 33.2 Å². The molecule has 2 aromatic heterocycles. The van der Waals surface area contributed by atoms with Crippen LogP contribution in [0.4, 0.5) is 0 Å². The molecule has 0 saturated heterocycles. The lowest BCUT2D eigenvalue weighted by molar-refractivity contribution is 0.0939. The Balaban J connectivity index is 1.81. The second-order valence-corrected chi connectivity index (χ2v) is 7.55. The van der Waals surface area contributed by atoms with Crippen molar-refractivity contribution in [2.24, 2.45) is 0 Å². The quantitative estimate of drug-likeness (QED) is 0.625. The number of hydrogen-bond acceptors (Lipinski definition) is 4. The summed E-state index contributed by atoms with van der Waals surface area (Å²) >= 11 is 4.82. The summed E-state index contributed by atoms with van der Waals surface area (Å²) in [5.41, 5.74) is 2.61. The van der Waals surface area contributed by atoms with Crippen molar-refractivity contribution in [3.05, 3.63) is 69.3 Å². The van der Waals surface area contributed by atoms with Crippen LogP contribution < -0.4 is 5.32 Å². The van der Waals surface area contributed by atoms with Crippen LogP contribution in [0.25, 0.3) is 10.7 Å². The van der Waals surface area contributed by atoms with Gasteiger partial charge in [-0.15, -0.1) is 11.3 Å². The van der Waals surface area contributed by atoms with Crippen molar-refractivity contribution in [2.45, 2.75) is 26.3 Å². The first-order valence-electron chi connectivity index (χ1n) is 8.03. The van der Waals surface area contributed by atoms with E-state index in [-0.39, 0.29) is 11.9 Å². The molecule has 3 aromatic rings. The molecular weight excluding hydrogens is 398 g/mol. The van der Waals surface area contributed by atoms with E-state index in [1.165, 1.54) is 11.3 Å². The highest BCUT2D eigenvalue weighted by molar-refractivity contribution is 9.10. The minimum atomic E-state index is -0.0908. The molecule has 4 nitrogen and oxygen atoms in total. The lowest BCUT2D eigenvalue weighted by Crippen LogP contribution is -2.28. The molecule has 0 saturated carbocycles. The fourth-order valence-corrected chi connectivity index (χ4v) is 3.76. The molecule has 0 spiro atoms. The lowest BCUT2D eigenvalue weighted by atomic mass is 10.0. The number of rotatable bonds is 5. The maximum absolute atomic E-state index is 12.7. The van der Waals surface area contributed by atoms with Gasteiger partial charge >= 0.3 is 0 Å². The Hall–Kier alpha value is -2.05. The van der Waals surface area contributed by atoms with Crippen molar-refractivity contribution in [1.29, 1.82) is 0 Å². The van der Waals surface area contributed by atoms with Gasteiger partial charge in [-0.2, -0.15) is 0 Å². The molecule has 1 N–H and O–H groups in total. The molecule has 0 bridgehead atoms. The molecule has 0 fully saturated rings. The fraction of sp³-hybridized carbons (Fsp3) is 0.211. The number of nitrogens with zero attached hydrogens (tertiary/aromatic N) is 2. The normalized spacial score (nSPS) is 12.0. The summed E-state index contributed by atoms with van der Waals surface area (Å²) in [7, 11) is 0. The Bertz CT molecular complexity index is 862. The molecular formula is C19H18BrN3OS. The van der Waals surface area contributed by atoms with E-state index in [9.17, 15) is 4.79 Å². The van der Waals surface area contributed by atoms with E-state index in [4.69, 9.17) is 0 Å². The van der Waals surface area contributed by atoms with Crippen LogP contribution >= 0.6 is 27.3 Å². The van der Waals surface area contributed by atoms with E-state index in [1.54, 1.807) is 6.20 Å². The van der Waals surface area contributed by atoms with E-state index >= 15 is 0 Å². The maximum Gasteiger partial charge on any atom is 0.263 e. The molecule has 1 aromatic carbocycles. The van der Waals surface area contributed by atoms with Gasteiger partial charge < -0.3 is 5.32 Å². The SMILES string of the molecule is CC[C@H](NC(=O)c1sc(-c2ccccn2)nc1C)c1ccc(Br)cc1. The van der Waals surface area contributed by atoms with E-state index < -0.39 is 0 Å². The summed E-state index contributed by atoms with van der Waals surface area (Å²) in [6, 6.07) is 13.7. The van der Waals surface area contributed by atoms with Crippen LogP contribution in [-0.4, -0.2) is 15.9 Å². The van der Waals surface area contributed by atoms with Crippen LogP contribution in [0.3, 0.4) is 0 Å². The van der Waals surface area contributed by atoms with Gasteiger partial charge in [0.25, 0.3) is 5.91 Å². The molecule has 0 aliphatic heterocycles. The first kappa shape index (κ1) is 17.8. The first-order valence-corrected chi connectivity index (χ1v) is 9.64. The van der Waals surface area contributed by atoms with E-state index in [2.05, 4.69) is 38.1 Å². The van der Waals surface area contributed by atoms with Crippen LogP contribution in [0, 0.1) is 6.92 Å². The van der Waals surface area contributed by atoms with Gasteiger partial charge in [0, 0.05) is 10.7 Å². The molecule has 0 aliphatic rings. The van der Waals surface area contributed by atoms with Crippen LogP contribution in [0.2, 0.25) is 0 Å². The largest absolute Gasteiger partial charge is 0.344 e. The third-order valence-corrected chi connectivity index (χ3v) is 5.58. The molecule has 0 aliphatic carbocycles. The Kier molecular flexibility index (Phi) is 5.60. The zero-order chi connectivity index (χ0) is 17.8.